The molecule has 0 radical (unpaired) electrons. The van der Waals surface area contributed by atoms with E-state index in [9.17, 15) is 14.7 Å². The lowest BCUT2D eigenvalue weighted by molar-refractivity contribution is 0.100. The van der Waals surface area contributed by atoms with E-state index in [0.717, 1.165) is 16.9 Å². The van der Waals surface area contributed by atoms with Crippen LogP contribution in [-0.2, 0) is 0 Å². The number of amides is 1. The molecule has 2 aromatic heterocycles. The zero-order valence-electron chi connectivity index (χ0n) is 13.5. The van der Waals surface area contributed by atoms with Gasteiger partial charge in [-0.05, 0) is 11.1 Å². The number of nitrogens with two attached hydrogens (primary N) is 1. The molecule has 4 aromatic rings. The van der Waals surface area contributed by atoms with Crippen molar-refractivity contribution in [1.29, 1.82) is 0 Å². The molecule has 0 saturated heterocycles. The standard InChI is InChI=1S/C20H14N2O3S/c21-18(24)17-13(11-7-3-1-4-8-11)15-16(23)14(12-9-5-2-6-10-12)19(25)22-20(15)26-17/h1-10H,(H2,21,24)(H2,22,23,25). The average Bonchev–Trinajstić information content (AvgIpc) is 3.03. The Morgan fingerprint density at radius 2 is 1.46 bits per heavy atom. The zero-order chi connectivity index (χ0) is 18.3. The van der Waals surface area contributed by atoms with Gasteiger partial charge in [0.1, 0.15) is 15.5 Å². The smallest absolute Gasteiger partial charge is 0.260 e. The first-order valence-electron chi connectivity index (χ1n) is 7.90. The van der Waals surface area contributed by atoms with E-state index in [1.165, 1.54) is 0 Å². The summed E-state index contributed by atoms with van der Waals surface area (Å²) in [6, 6.07) is 18.1. The van der Waals surface area contributed by atoms with Crippen molar-refractivity contribution in [2.75, 3.05) is 0 Å². The predicted octanol–water partition coefficient (Wildman–Crippen LogP) is 3.73. The Morgan fingerprint density at radius 1 is 0.923 bits per heavy atom. The van der Waals surface area contributed by atoms with E-state index in [4.69, 9.17) is 5.73 Å². The van der Waals surface area contributed by atoms with Gasteiger partial charge in [-0.3, -0.25) is 9.59 Å². The Bertz CT molecular complexity index is 1180. The molecule has 4 rings (SSSR count). The van der Waals surface area contributed by atoms with Gasteiger partial charge in [0.05, 0.1) is 10.9 Å². The average molecular weight is 362 g/mol. The van der Waals surface area contributed by atoms with Crippen molar-refractivity contribution in [1.82, 2.24) is 4.98 Å². The number of rotatable bonds is 3. The third kappa shape index (κ3) is 2.48. The minimum atomic E-state index is -0.605. The molecule has 0 atom stereocenters. The molecule has 26 heavy (non-hydrogen) atoms. The van der Waals surface area contributed by atoms with Crippen LogP contribution in [0, 0.1) is 0 Å². The van der Waals surface area contributed by atoms with Crippen LogP contribution >= 0.6 is 11.3 Å². The van der Waals surface area contributed by atoms with Crippen LogP contribution in [0.5, 0.6) is 5.75 Å². The minimum Gasteiger partial charge on any atom is -0.506 e. The first-order chi connectivity index (χ1) is 12.6. The summed E-state index contributed by atoms with van der Waals surface area (Å²) in [6.45, 7) is 0. The number of nitrogens with one attached hydrogen (secondary N) is 1. The number of thiophene rings is 1. The van der Waals surface area contributed by atoms with Crippen molar-refractivity contribution in [2.45, 2.75) is 0 Å². The molecule has 0 fully saturated rings. The van der Waals surface area contributed by atoms with E-state index in [-0.39, 0.29) is 11.3 Å². The van der Waals surface area contributed by atoms with E-state index in [0.29, 0.717) is 26.2 Å². The summed E-state index contributed by atoms with van der Waals surface area (Å²) >= 11 is 1.07. The number of hydrogen-bond acceptors (Lipinski definition) is 4. The van der Waals surface area contributed by atoms with Gasteiger partial charge >= 0.3 is 0 Å². The Balaban J connectivity index is 2.14. The maximum Gasteiger partial charge on any atom is 0.260 e. The summed E-state index contributed by atoms with van der Waals surface area (Å²) in [5, 5.41) is 11.4. The fourth-order valence-electron chi connectivity index (χ4n) is 3.07. The lowest BCUT2D eigenvalue weighted by atomic mass is 9.99. The topological polar surface area (TPSA) is 96.2 Å². The Morgan fingerprint density at radius 3 is 2.00 bits per heavy atom. The molecule has 128 valence electrons. The Labute approximate surface area is 152 Å². The van der Waals surface area contributed by atoms with Crippen LogP contribution in [0.3, 0.4) is 0 Å². The number of carbonyl (C=O) groups is 1. The van der Waals surface area contributed by atoms with Crippen LogP contribution in [0.4, 0.5) is 0 Å². The number of carbonyl (C=O) groups excluding carboxylic acids is 1. The molecule has 5 nitrogen and oxygen atoms in total. The molecule has 0 unspecified atom stereocenters. The second kappa shape index (κ2) is 6.16. The van der Waals surface area contributed by atoms with Crippen LogP contribution in [0.2, 0.25) is 0 Å². The first kappa shape index (κ1) is 16.1. The van der Waals surface area contributed by atoms with E-state index in [1.807, 2.05) is 36.4 Å². The minimum absolute atomic E-state index is 0.155. The van der Waals surface area contributed by atoms with Gasteiger partial charge in [0, 0.05) is 5.56 Å². The number of aromatic nitrogens is 1. The maximum absolute atomic E-state index is 12.6. The fraction of sp³-hybridized carbons (Fsp3) is 0. The van der Waals surface area contributed by atoms with Crippen molar-refractivity contribution >= 4 is 27.5 Å². The number of primary amides is 1. The van der Waals surface area contributed by atoms with E-state index >= 15 is 0 Å². The third-order valence-corrected chi connectivity index (χ3v) is 5.30. The first-order valence-corrected chi connectivity index (χ1v) is 8.72. The summed E-state index contributed by atoms with van der Waals surface area (Å²) in [5.74, 6) is -0.760. The molecular weight excluding hydrogens is 348 g/mol. The second-order valence-corrected chi connectivity index (χ2v) is 6.80. The lowest BCUT2D eigenvalue weighted by Crippen LogP contribution is -2.10. The van der Waals surface area contributed by atoms with Gasteiger partial charge < -0.3 is 15.8 Å². The number of benzene rings is 2. The number of H-pyrrole nitrogens is 1. The summed E-state index contributed by atoms with van der Waals surface area (Å²) in [7, 11) is 0. The molecule has 0 aliphatic carbocycles. The summed E-state index contributed by atoms with van der Waals surface area (Å²) < 4.78 is 0. The van der Waals surface area contributed by atoms with Crippen molar-refractivity contribution in [3.63, 3.8) is 0 Å². The van der Waals surface area contributed by atoms with Gasteiger partial charge in [-0.15, -0.1) is 11.3 Å². The third-order valence-electron chi connectivity index (χ3n) is 4.18. The molecule has 0 aliphatic heterocycles. The van der Waals surface area contributed by atoms with Gasteiger partial charge in [0.15, 0.2) is 0 Å². The molecule has 0 spiro atoms. The number of hydrogen-bond donors (Lipinski definition) is 3. The molecule has 2 heterocycles. The van der Waals surface area contributed by atoms with E-state index in [1.54, 1.807) is 24.3 Å². The monoisotopic (exact) mass is 362 g/mol. The maximum atomic E-state index is 12.6. The van der Waals surface area contributed by atoms with Crippen LogP contribution < -0.4 is 11.3 Å². The predicted molar refractivity (Wildman–Crippen MR) is 104 cm³/mol. The van der Waals surface area contributed by atoms with E-state index in [2.05, 4.69) is 4.98 Å². The Hall–Kier alpha value is -3.38. The van der Waals surface area contributed by atoms with Crippen molar-refractivity contribution in [3.05, 3.63) is 75.9 Å². The Kier molecular flexibility index (Phi) is 3.82. The van der Waals surface area contributed by atoms with Crippen LogP contribution in [0.15, 0.2) is 65.5 Å². The van der Waals surface area contributed by atoms with Gasteiger partial charge in [-0.2, -0.15) is 0 Å². The largest absolute Gasteiger partial charge is 0.506 e. The van der Waals surface area contributed by atoms with Crippen LogP contribution in [-0.4, -0.2) is 16.0 Å². The lowest BCUT2D eigenvalue weighted by Gasteiger charge is -2.08. The normalized spacial score (nSPS) is 10.9. The highest BCUT2D eigenvalue weighted by Crippen LogP contribution is 2.44. The summed E-state index contributed by atoms with van der Waals surface area (Å²) in [6.07, 6.45) is 0. The summed E-state index contributed by atoms with van der Waals surface area (Å²) in [5.41, 5.74) is 7.18. The fourth-order valence-corrected chi connectivity index (χ4v) is 4.14. The zero-order valence-corrected chi connectivity index (χ0v) is 14.3. The number of aromatic hydroxyl groups is 1. The molecule has 1 amide bonds. The van der Waals surface area contributed by atoms with Gasteiger partial charge in [0.2, 0.25) is 0 Å². The van der Waals surface area contributed by atoms with Gasteiger partial charge in [-0.25, -0.2) is 0 Å². The highest BCUT2D eigenvalue weighted by Gasteiger charge is 2.24. The van der Waals surface area contributed by atoms with Crippen molar-refractivity contribution < 1.29 is 9.90 Å². The SMILES string of the molecule is NC(=O)c1sc2[nH]c(=O)c(-c3ccccc3)c(O)c2c1-c1ccccc1. The number of fused-ring (bicyclic) bond motifs is 1. The van der Waals surface area contributed by atoms with Gasteiger partial charge in [0.25, 0.3) is 11.5 Å². The van der Waals surface area contributed by atoms with Crippen LogP contribution in [0.25, 0.3) is 32.5 Å². The van der Waals surface area contributed by atoms with Crippen LogP contribution in [0.1, 0.15) is 9.67 Å². The number of pyridine rings is 1. The quantitative estimate of drug-likeness (QED) is 0.518. The molecule has 2 aromatic carbocycles. The highest BCUT2D eigenvalue weighted by molar-refractivity contribution is 7.21. The highest BCUT2D eigenvalue weighted by atomic mass is 32.1. The van der Waals surface area contributed by atoms with Crippen molar-refractivity contribution in [2.24, 2.45) is 5.73 Å². The van der Waals surface area contributed by atoms with Gasteiger partial charge in [-0.1, -0.05) is 60.7 Å². The molecule has 0 saturated carbocycles. The molecular formula is C20H14N2O3S. The number of aromatic amines is 1. The van der Waals surface area contributed by atoms with E-state index < -0.39 is 11.5 Å². The molecule has 0 bridgehead atoms. The molecule has 4 N–H and O–H groups in total. The molecule has 6 heteroatoms. The van der Waals surface area contributed by atoms with Crippen molar-refractivity contribution in [3.8, 4) is 28.0 Å². The second-order valence-electron chi connectivity index (χ2n) is 5.78. The summed E-state index contributed by atoms with van der Waals surface area (Å²) in [4.78, 5) is 28.0. The molecule has 0 aliphatic rings.